The van der Waals surface area contributed by atoms with E-state index in [0.29, 0.717) is 28.8 Å². The highest BCUT2D eigenvalue weighted by Gasteiger charge is 2.07. The number of halogens is 1. The van der Waals surface area contributed by atoms with E-state index in [1.54, 1.807) is 19.2 Å². The first-order valence-electron chi connectivity index (χ1n) is 6.03. The third-order valence-corrected chi connectivity index (χ3v) is 2.95. The minimum absolute atomic E-state index is 0.612. The Labute approximate surface area is 117 Å². The Hall–Kier alpha value is -1.71. The van der Waals surface area contributed by atoms with Gasteiger partial charge in [-0.1, -0.05) is 17.7 Å². The number of rotatable bonds is 5. The molecule has 0 atom stereocenters. The number of methoxy groups -OCH3 is 1. The van der Waals surface area contributed by atoms with Crippen LogP contribution >= 0.6 is 11.6 Å². The van der Waals surface area contributed by atoms with Gasteiger partial charge in [0.1, 0.15) is 5.75 Å². The van der Waals surface area contributed by atoms with E-state index in [-0.39, 0.29) is 0 Å². The summed E-state index contributed by atoms with van der Waals surface area (Å²) >= 11 is 5.84. The molecular weight excluding hydrogens is 262 g/mol. The summed E-state index contributed by atoms with van der Waals surface area (Å²) in [7, 11) is 1.62. The molecule has 2 N–H and O–H groups in total. The van der Waals surface area contributed by atoms with E-state index in [4.69, 9.17) is 26.8 Å². The molecule has 0 heterocycles. The zero-order valence-corrected chi connectivity index (χ0v) is 11.5. The van der Waals surface area contributed by atoms with Crippen molar-refractivity contribution in [2.45, 2.75) is 6.42 Å². The summed E-state index contributed by atoms with van der Waals surface area (Å²) in [5.41, 5.74) is 6.67. The lowest BCUT2D eigenvalue weighted by atomic mass is 10.1. The Morgan fingerprint density at radius 3 is 2.42 bits per heavy atom. The molecule has 0 aliphatic heterocycles. The van der Waals surface area contributed by atoms with Crippen molar-refractivity contribution in [2.24, 2.45) is 5.73 Å². The maximum Gasteiger partial charge on any atom is 0.169 e. The van der Waals surface area contributed by atoms with Crippen LogP contribution in [0.1, 0.15) is 5.56 Å². The number of benzene rings is 2. The molecule has 0 aliphatic carbocycles. The summed E-state index contributed by atoms with van der Waals surface area (Å²) in [5, 5.41) is 0.678. The summed E-state index contributed by atoms with van der Waals surface area (Å²) in [6.45, 7) is 0.612. The van der Waals surface area contributed by atoms with Crippen molar-refractivity contribution in [3.8, 4) is 17.2 Å². The number of hydrogen-bond acceptors (Lipinski definition) is 3. The molecule has 3 nitrogen and oxygen atoms in total. The van der Waals surface area contributed by atoms with Gasteiger partial charge in [0, 0.05) is 5.02 Å². The standard InChI is InChI=1S/C15H16ClNO2/c1-18-15-10-11(8-9-17)2-7-14(15)19-13-5-3-12(16)4-6-13/h2-7,10H,8-9,17H2,1H3. The summed E-state index contributed by atoms with van der Waals surface area (Å²) < 4.78 is 11.1. The maximum atomic E-state index is 5.84. The molecule has 0 unspecified atom stereocenters. The van der Waals surface area contributed by atoms with Crippen LogP contribution in [-0.2, 0) is 6.42 Å². The first kappa shape index (κ1) is 13.7. The van der Waals surface area contributed by atoms with Gasteiger partial charge in [0.15, 0.2) is 11.5 Å². The lowest BCUT2D eigenvalue weighted by molar-refractivity contribution is 0.378. The molecule has 100 valence electrons. The van der Waals surface area contributed by atoms with Crippen molar-refractivity contribution in [3.05, 3.63) is 53.1 Å². The lowest BCUT2D eigenvalue weighted by Crippen LogP contribution is -2.03. The van der Waals surface area contributed by atoms with E-state index in [0.717, 1.165) is 12.0 Å². The molecule has 2 aromatic rings. The Morgan fingerprint density at radius 2 is 1.79 bits per heavy atom. The third-order valence-electron chi connectivity index (χ3n) is 2.70. The first-order chi connectivity index (χ1) is 9.22. The van der Waals surface area contributed by atoms with Crippen LogP contribution in [-0.4, -0.2) is 13.7 Å². The fourth-order valence-electron chi connectivity index (χ4n) is 1.75. The van der Waals surface area contributed by atoms with Gasteiger partial charge in [0.25, 0.3) is 0 Å². The minimum Gasteiger partial charge on any atom is -0.493 e. The van der Waals surface area contributed by atoms with Crippen LogP contribution < -0.4 is 15.2 Å². The van der Waals surface area contributed by atoms with E-state index in [1.807, 2.05) is 30.3 Å². The van der Waals surface area contributed by atoms with Crippen LogP contribution in [0.4, 0.5) is 0 Å². The fourth-order valence-corrected chi connectivity index (χ4v) is 1.87. The zero-order valence-electron chi connectivity index (χ0n) is 10.7. The van der Waals surface area contributed by atoms with Gasteiger partial charge < -0.3 is 15.2 Å². The molecule has 0 fully saturated rings. The van der Waals surface area contributed by atoms with Crippen molar-refractivity contribution in [1.29, 1.82) is 0 Å². The number of nitrogens with two attached hydrogens (primary N) is 1. The zero-order chi connectivity index (χ0) is 13.7. The van der Waals surface area contributed by atoms with Crippen molar-refractivity contribution in [1.82, 2.24) is 0 Å². The molecule has 2 rings (SSSR count). The molecule has 0 bridgehead atoms. The van der Waals surface area contributed by atoms with Crippen LogP contribution in [0.5, 0.6) is 17.2 Å². The molecule has 0 aromatic heterocycles. The van der Waals surface area contributed by atoms with Gasteiger partial charge in [-0.15, -0.1) is 0 Å². The van der Waals surface area contributed by atoms with Gasteiger partial charge in [-0.25, -0.2) is 0 Å². The second kappa shape index (κ2) is 6.45. The average Bonchev–Trinajstić information content (AvgIpc) is 2.43. The summed E-state index contributed by atoms with van der Waals surface area (Å²) in [5.74, 6) is 2.08. The molecule has 0 radical (unpaired) electrons. The molecule has 4 heteroatoms. The van der Waals surface area contributed by atoms with Gasteiger partial charge >= 0.3 is 0 Å². The normalized spacial score (nSPS) is 10.3. The Balaban J connectivity index is 2.21. The highest BCUT2D eigenvalue weighted by molar-refractivity contribution is 6.30. The maximum absolute atomic E-state index is 5.84. The minimum atomic E-state index is 0.612. The topological polar surface area (TPSA) is 44.5 Å². The van der Waals surface area contributed by atoms with E-state index < -0.39 is 0 Å². The Bertz CT molecular complexity index is 540. The van der Waals surface area contributed by atoms with Gasteiger partial charge in [-0.2, -0.15) is 0 Å². The smallest absolute Gasteiger partial charge is 0.169 e. The van der Waals surface area contributed by atoms with Gasteiger partial charge in [0.2, 0.25) is 0 Å². The Morgan fingerprint density at radius 1 is 1.05 bits per heavy atom. The Kier molecular flexibility index (Phi) is 4.66. The van der Waals surface area contributed by atoms with E-state index in [9.17, 15) is 0 Å². The molecule has 2 aromatic carbocycles. The highest BCUT2D eigenvalue weighted by atomic mass is 35.5. The summed E-state index contributed by atoms with van der Waals surface area (Å²) in [6, 6.07) is 13.0. The number of hydrogen-bond donors (Lipinski definition) is 1. The molecular formula is C15H16ClNO2. The van der Waals surface area contributed by atoms with Crippen LogP contribution in [0.15, 0.2) is 42.5 Å². The van der Waals surface area contributed by atoms with Gasteiger partial charge in [-0.3, -0.25) is 0 Å². The second-order valence-corrected chi connectivity index (χ2v) is 4.52. The summed E-state index contributed by atoms with van der Waals surface area (Å²) in [4.78, 5) is 0. The first-order valence-corrected chi connectivity index (χ1v) is 6.41. The van der Waals surface area contributed by atoms with Crippen molar-refractivity contribution in [2.75, 3.05) is 13.7 Å². The quantitative estimate of drug-likeness (QED) is 0.907. The molecule has 19 heavy (non-hydrogen) atoms. The fraction of sp³-hybridized carbons (Fsp3) is 0.200. The monoisotopic (exact) mass is 277 g/mol. The van der Waals surface area contributed by atoms with Gasteiger partial charge in [0.05, 0.1) is 7.11 Å². The highest BCUT2D eigenvalue weighted by Crippen LogP contribution is 2.32. The van der Waals surface area contributed by atoms with Gasteiger partial charge in [-0.05, 0) is 54.9 Å². The molecule has 0 saturated carbocycles. The third kappa shape index (κ3) is 3.63. The van der Waals surface area contributed by atoms with E-state index in [1.165, 1.54) is 0 Å². The molecule has 0 saturated heterocycles. The van der Waals surface area contributed by atoms with Crippen LogP contribution in [0.2, 0.25) is 5.02 Å². The molecule has 0 amide bonds. The van der Waals surface area contributed by atoms with Crippen LogP contribution in [0.25, 0.3) is 0 Å². The molecule has 0 aliphatic rings. The lowest BCUT2D eigenvalue weighted by Gasteiger charge is -2.11. The SMILES string of the molecule is COc1cc(CCN)ccc1Oc1ccc(Cl)cc1. The molecule has 0 spiro atoms. The second-order valence-electron chi connectivity index (χ2n) is 4.08. The van der Waals surface area contributed by atoms with Crippen molar-refractivity contribution in [3.63, 3.8) is 0 Å². The largest absolute Gasteiger partial charge is 0.493 e. The van der Waals surface area contributed by atoms with Crippen LogP contribution in [0, 0.1) is 0 Å². The average molecular weight is 278 g/mol. The van der Waals surface area contributed by atoms with Crippen molar-refractivity contribution >= 4 is 11.6 Å². The van der Waals surface area contributed by atoms with E-state index in [2.05, 4.69) is 0 Å². The summed E-state index contributed by atoms with van der Waals surface area (Å²) in [6.07, 6.45) is 0.817. The number of ether oxygens (including phenoxy) is 2. The van der Waals surface area contributed by atoms with Crippen LogP contribution in [0.3, 0.4) is 0 Å². The predicted molar refractivity (Wildman–Crippen MR) is 77.3 cm³/mol. The van der Waals surface area contributed by atoms with Crippen molar-refractivity contribution < 1.29 is 9.47 Å². The predicted octanol–water partition coefficient (Wildman–Crippen LogP) is 3.64. The van der Waals surface area contributed by atoms with E-state index >= 15 is 0 Å².